The number of para-hydroxylation sites is 2. The van der Waals surface area contributed by atoms with E-state index in [4.69, 9.17) is 16.3 Å². The Bertz CT molecular complexity index is 2230. The number of rotatable bonds is 5. The van der Waals surface area contributed by atoms with E-state index in [9.17, 15) is 24.3 Å². The van der Waals surface area contributed by atoms with Gasteiger partial charge >= 0.3 is 12.1 Å². The lowest BCUT2D eigenvalue weighted by Gasteiger charge is -2.14. The number of hydrogen-bond acceptors (Lipinski definition) is 6. The molecule has 6 aromatic rings. The molecule has 6 rings (SSSR count). The van der Waals surface area contributed by atoms with Crippen molar-refractivity contribution >= 4 is 79.4 Å². The lowest BCUT2D eigenvalue weighted by molar-refractivity contribution is 0.0956. The molecule has 5 aromatic carbocycles. The van der Waals surface area contributed by atoms with Crippen LogP contribution in [0.15, 0.2) is 84.9 Å². The largest absolute Gasteiger partial charge is 0.507 e. The second-order valence-corrected chi connectivity index (χ2v) is 10.8. The van der Waals surface area contributed by atoms with Crippen molar-refractivity contribution in [1.82, 2.24) is 15.6 Å². The third-order valence-electron chi connectivity index (χ3n) is 7.53. The van der Waals surface area contributed by atoms with Crippen LogP contribution in [0, 0.1) is 6.92 Å². The van der Waals surface area contributed by atoms with Gasteiger partial charge in [-0.2, -0.15) is 0 Å². The van der Waals surface area contributed by atoms with Crippen molar-refractivity contribution < 1.29 is 29.0 Å². The molecule has 0 radical (unpaired) electrons. The number of carbonyl (C=O) groups excluding carboxylic acids is 4. The van der Waals surface area contributed by atoms with E-state index in [-0.39, 0.29) is 28.3 Å². The summed E-state index contributed by atoms with van der Waals surface area (Å²) < 4.78 is 5.31. The van der Waals surface area contributed by atoms with Crippen LogP contribution in [0.1, 0.15) is 26.3 Å². The summed E-state index contributed by atoms with van der Waals surface area (Å²) in [5.74, 6) is -1.72. The summed E-state index contributed by atoms with van der Waals surface area (Å²) >= 11 is 6.04. The summed E-state index contributed by atoms with van der Waals surface area (Å²) in [6, 6.07) is 22.1. The molecule has 230 valence electrons. The van der Waals surface area contributed by atoms with Gasteiger partial charge in [0.15, 0.2) is 0 Å². The zero-order chi connectivity index (χ0) is 32.5. The van der Waals surface area contributed by atoms with Crippen LogP contribution in [-0.2, 0) is 0 Å². The Morgan fingerprint density at radius 3 is 2.24 bits per heavy atom. The molecule has 0 bridgehead atoms. The van der Waals surface area contributed by atoms with Gasteiger partial charge < -0.3 is 25.5 Å². The van der Waals surface area contributed by atoms with Gasteiger partial charge in [0.25, 0.3) is 11.8 Å². The molecule has 0 saturated heterocycles. The molecule has 0 aliphatic carbocycles. The Labute approximate surface area is 266 Å². The van der Waals surface area contributed by atoms with Gasteiger partial charge in [-0.15, -0.1) is 0 Å². The van der Waals surface area contributed by atoms with E-state index >= 15 is 0 Å². The minimum Gasteiger partial charge on any atom is -0.507 e. The predicted octanol–water partition coefficient (Wildman–Crippen LogP) is 7.07. The summed E-state index contributed by atoms with van der Waals surface area (Å²) in [4.78, 5) is 54.4. The second-order valence-electron chi connectivity index (χ2n) is 10.4. The number of nitrogens with one attached hydrogen (secondary N) is 5. The number of aromatic hydroxyl groups is 1. The SMILES string of the molecule is COc1cc(C(=O)NC(=O)Nc2ccccc2Cl)ccc1NC(=O)NC(=O)c1cc2ccc3c4ccccc4[nH]c3c2c(C)c1O. The molecule has 6 amide bonds. The zero-order valence-corrected chi connectivity index (χ0v) is 25.2. The maximum atomic E-state index is 13.1. The van der Waals surface area contributed by atoms with Gasteiger partial charge in [0.05, 0.1) is 34.6 Å². The maximum Gasteiger partial charge on any atom is 0.326 e. The first-order chi connectivity index (χ1) is 22.1. The molecular weight excluding hydrogens is 610 g/mol. The van der Waals surface area contributed by atoms with Crippen LogP contribution in [0.5, 0.6) is 11.5 Å². The van der Waals surface area contributed by atoms with E-state index in [1.54, 1.807) is 31.2 Å². The van der Waals surface area contributed by atoms with E-state index in [0.717, 1.165) is 27.2 Å². The quantitative estimate of drug-likeness (QED) is 0.119. The Hall–Kier alpha value is -6.07. The first-order valence-electron chi connectivity index (χ1n) is 14.0. The molecule has 1 aromatic heterocycles. The van der Waals surface area contributed by atoms with E-state index in [2.05, 4.69) is 26.3 Å². The smallest absolute Gasteiger partial charge is 0.326 e. The van der Waals surface area contributed by atoms with Gasteiger partial charge in [0.2, 0.25) is 0 Å². The topological polar surface area (TPSA) is 162 Å². The average molecular weight is 636 g/mol. The first-order valence-corrected chi connectivity index (χ1v) is 14.4. The maximum absolute atomic E-state index is 13.1. The van der Waals surface area contributed by atoms with Crippen LogP contribution in [0.2, 0.25) is 5.02 Å². The zero-order valence-electron chi connectivity index (χ0n) is 24.4. The predicted molar refractivity (Wildman–Crippen MR) is 177 cm³/mol. The average Bonchev–Trinajstić information content (AvgIpc) is 3.42. The fourth-order valence-electron chi connectivity index (χ4n) is 5.33. The van der Waals surface area contributed by atoms with Gasteiger partial charge in [-0.25, -0.2) is 9.59 Å². The minimum atomic E-state index is -0.900. The highest BCUT2D eigenvalue weighted by Gasteiger charge is 2.21. The number of hydrogen-bond donors (Lipinski definition) is 6. The van der Waals surface area contributed by atoms with Crippen molar-refractivity contribution in [2.24, 2.45) is 0 Å². The molecule has 1 heterocycles. The summed E-state index contributed by atoms with van der Waals surface area (Å²) in [6.07, 6.45) is 0. The second kappa shape index (κ2) is 12.1. The Balaban J connectivity index is 1.16. The summed E-state index contributed by atoms with van der Waals surface area (Å²) in [6.45, 7) is 1.71. The molecule has 0 fully saturated rings. The van der Waals surface area contributed by atoms with Crippen LogP contribution in [0.3, 0.4) is 0 Å². The fraction of sp³-hybridized carbons (Fsp3) is 0.0588. The highest BCUT2D eigenvalue weighted by molar-refractivity contribution is 6.33. The molecule has 0 spiro atoms. The van der Waals surface area contributed by atoms with Crippen LogP contribution in [0.25, 0.3) is 32.6 Å². The molecule has 0 aliphatic rings. The standard InChI is InChI=1S/C34H26ClN5O6/c1-17-28-18(11-13-21-20-7-3-5-9-24(20)36-29(21)28)15-22(30(17)41)32(43)40-34(45)38-26-14-12-19(16-27(26)46-2)31(42)39-33(44)37-25-10-6-4-8-23(25)35/h3-16,36,41H,1-2H3,(H2,37,39,42,44)(H2,38,40,43,45). The number of amides is 6. The van der Waals surface area contributed by atoms with Gasteiger partial charge in [0.1, 0.15) is 11.5 Å². The highest BCUT2D eigenvalue weighted by Crippen LogP contribution is 2.37. The number of anilines is 2. The number of aryl methyl sites for hydroxylation is 1. The highest BCUT2D eigenvalue weighted by atomic mass is 35.5. The lowest BCUT2D eigenvalue weighted by atomic mass is 9.97. The lowest BCUT2D eigenvalue weighted by Crippen LogP contribution is -2.35. The normalized spacial score (nSPS) is 10.9. The van der Waals surface area contributed by atoms with E-state index in [0.29, 0.717) is 21.7 Å². The molecule has 0 unspecified atom stereocenters. The summed E-state index contributed by atoms with van der Waals surface area (Å²) in [5, 5.41) is 24.2. The number of aromatic nitrogens is 1. The fourth-order valence-corrected chi connectivity index (χ4v) is 5.51. The number of ether oxygens (including phenoxy) is 1. The van der Waals surface area contributed by atoms with Gasteiger partial charge in [-0.3, -0.25) is 20.2 Å². The number of phenolic OH excluding ortho intramolecular Hbond substituents is 1. The van der Waals surface area contributed by atoms with Crippen molar-refractivity contribution in [2.45, 2.75) is 6.92 Å². The molecule has 6 N–H and O–H groups in total. The van der Waals surface area contributed by atoms with Gasteiger partial charge in [0, 0.05) is 32.8 Å². The van der Waals surface area contributed by atoms with E-state index in [1.165, 1.54) is 31.4 Å². The summed E-state index contributed by atoms with van der Waals surface area (Å²) in [5.41, 5.74) is 2.72. The molecule has 46 heavy (non-hydrogen) atoms. The van der Waals surface area contributed by atoms with Crippen LogP contribution in [-0.4, -0.2) is 41.1 Å². The Kier molecular flexibility index (Phi) is 7.91. The summed E-state index contributed by atoms with van der Waals surface area (Å²) in [7, 11) is 1.33. The number of aromatic amines is 1. The van der Waals surface area contributed by atoms with Gasteiger partial charge in [-0.1, -0.05) is 54.1 Å². The minimum absolute atomic E-state index is 0.0637. The van der Waals surface area contributed by atoms with E-state index in [1.807, 2.05) is 36.4 Å². The number of benzene rings is 5. The third-order valence-corrected chi connectivity index (χ3v) is 7.86. The molecule has 12 heteroatoms. The van der Waals surface area contributed by atoms with Gasteiger partial charge in [-0.05, 0) is 54.8 Å². The number of methoxy groups -OCH3 is 1. The monoisotopic (exact) mass is 635 g/mol. The van der Waals surface area contributed by atoms with E-state index < -0.39 is 23.9 Å². The Morgan fingerprint density at radius 2 is 1.48 bits per heavy atom. The van der Waals surface area contributed by atoms with Crippen molar-refractivity contribution in [1.29, 1.82) is 0 Å². The van der Waals surface area contributed by atoms with Crippen molar-refractivity contribution in [3.05, 3.63) is 107 Å². The van der Waals surface area contributed by atoms with Crippen LogP contribution < -0.4 is 26.0 Å². The number of halogens is 1. The molecule has 11 nitrogen and oxygen atoms in total. The number of H-pyrrole nitrogens is 1. The van der Waals surface area contributed by atoms with Crippen molar-refractivity contribution in [3.63, 3.8) is 0 Å². The van der Waals surface area contributed by atoms with Crippen molar-refractivity contribution in [2.75, 3.05) is 17.7 Å². The number of fused-ring (bicyclic) bond motifs is 5. The van der Waals surface area contributed by atoms with Crippen LogP contribution >= 0.6 is 11.6 Å². The third kappa shape index (κ3) is 5.62. The Morgan fingerprint density at radius 1 is 0.783 bits per heavy atom. The number of carbonyl (C=O) groups is 4. The van der Waals surface area contributed by atoms with Crippen molar-refractivity contribution in [3.8, 4) is 11.5 Å². The van der Waals surface area contributed by atoms with Crippen LogP contribution in [0.4, 0.5) is 21.0 Å². The number of imide groups is 2. The molecule has 0 aliphatic heterocycles. The molecular formula is C34H26ClN5O6. The molecule has 0 saturated carbocycles. The molecule has 0 atom stereocenters. The number of urea groups is 2. The first kappa shape index (κ1) is 30.0. The number of phenols is 1.